The van der Waals surface area contributed by atoms with Crippen molar-refractivity contribution in [2.24, 2.45) is 0 Å². The van der Waals surface area contributed by atoms with Crippen LogP contribution in [0.15, 0.2) is 24.3 Å². The van der Waals surface area contributed by atoms with E-state index in [0.717, 1.165) is 6.42 Å². The SMILES string of the molecule is CCCOC(=O)c1ccccc1C(=O)OC(C)COC(C)(C)C. The quantitative estimate of drug-likeness (QED) is 0.718. The molecule has 0 bridgehead atoms. The van der Waals surface area contributed by atoms with E-state index in [1.54, 1.807) is 31.2 Å². The summed E-state index contributed by atoms with van der Waals surface area (Å²) in [6, 6.07) is 6.49. The number of rotatable bonds is 7. The number of carbonyl (C=O) groups excluding carboxylic acids is 2. The van der Waals surface area contributed by atoms with E-state index in [0.29, 0.717) is 6.61 Å². The van der Waals surface area contributed by atoms with E-state index in [-0.39, 0.29) is 23.3 Å². The van der Waals surface area contributed by atoms with E-state index >= 15 is 0 Å². The fourth-order valence-electron chi connectivity index (χ4n) is 1.76. The van der Waals surface area contributed by atoms with Crippen LogP contribution in [0.4, 0.5) is 0 Å². The molecule has 0 amide bonds. The summed E-state index contributed by atoms with van der Waals surface area (Å²) >= 11 is 0. The molecule has 5 heteroatoms. The zero-order valence-corrected chi connectivity index (χ0v) is 14.5. The maximum Gasteiger partial charge on any atom is 0.339 e. The molecule has 0 radical (unpaired) electrons. The number of hydrogen-bond acceptors (Lipinski definition) is 5. The van der Waals surface area contributed by atoms with Gasteiger partial charge in [0.2, 0.25) is 0 Å². The van der Waals surface area contributed by atoms with Gasteiger partial charge in [-0.25, -0.2) is 9.59 Å². The molecule has 1 aromatic rings. The molecule has 0 saturated carbocycles. The lowest BCUT2D eigenvalue weighted by Crippen LogP contribution is -2.28. The highest BCUT2D eigenvalue weighted by Crippen LogP contribution is 2.14. The zero-order chi connectivity index (χ0) is 17.5. The van der Waals surface area contributed by atoms with Gasteiger partial charge in [-0.05, 0) is 46.2 Å². The Morgan fingerprint density at radius 1 is 1.09 bits per heavy atom. The van der Waals surface area contributed by atoms with Gasteiger partial charge in [0.25, 0.3) is 0 Å². The van der Waals surface area contributed by atoms with Crippen molar-refractivity contribution in [2.45, 2.75) is 52.7 Å². The largest absolute Gasteiger partial charge is 0.462 e. The fraction of sp³-hybridized carbons (Fsp3) is 0.556. The molecule has 0 heterocycles. The topological polar surface area (TPSA) is 61.8 Å². The molecule has 0 aliphatic carbocycles. The van der Waals surface area contributed by atoms with Crippen LogP contribution in [0.25, 0.3) is 0 Å². The molecule has 128 valence electrons. The van der Waals surface area contributed by atoms with Gasteiger partial charge in [0.15, 0.2) is 0 Å². The normalized spacial score (nSPS) is 12.6. The minimum atomic E-state index is -0.556. The van der Waals surface area contributed by atoms with Crippen molar-refractivity contribution in [3.05, 3.63) is 35.4 Å². The van der Waals surface area contributed by atoms with Crippen molar-refractivity contribution in [1.29, 1.82) is 0 Å². The molecule has 1 rings (SSSR count). The lowest BCUT2D eigenvalue weighted by molar-refractivity contribution is -0.0531. The predicted octanol–water partition coefficient (Wildman–Crippen LogP) is 3.61. The summed E-state index contributed by atoms with van der Waals surface area (Å²) in [5.41, 5.74) is 0.119. The third-order valence-corrected chi connectivity index (χ3v) is 2.86. The molecule has 1 aromatic carbocycles. The summed E-state index contributed by atoms with van der Waals surface area (Å²) in [6.07, 6.45) is 0.306. The van der Waals surface area contributed by atoms with E-state index in [1.165, 1.54) is 0 Å². The van der Waals surface area contributed by atoms with Gasteiger partial charge in [0.05, 0.1) is 29.9 Å². The number of hydrogen-bond donors (Lipinski definition) is 0. The van der Waals surface area contributed by atoms with Crippen LogP contribution in [0.5, 0.6) is 0 Å². The Kier molecular flexibility index (Phi) is 7.23. The van der Waals surface area contributed by atoms with E-state index in [1.807, 2.05) is 27.7 Å². The fourth-order valence-corrected chi connectivity index (χ4v) is 1.76. The lowest BCUT2D eigenvalue weighted by atomic mass is 10.1. The van der Waals surface area contributed by atoms with E-state index in [9.17, 15) is 9.59 Å². The summed E-state index contributed by atoms with van der Waals surface area (Å²) in [5, 5.41) is 0. The Balaban J connectivity index is 2.74. The van der Waals surface area contributed by atoms with Crippen molar-refractivity contribution in [1.82, 2.24) is 0 Å². The van der Waals surface area contributed by atoms with Crippen molar-refractivity contribution >= 4 is 11.9 Å². The molecule has 1 atom stereocenters. The maximum absolute atomic E-state index is 12.3. The highest BCUT2D eigenvalue weighted by molar-refractivity contribution is 6.03. The molecule has 0 N–H and O–H groups in total. The monoisotopic (exact) mass is 322 g/mol. The standard InChI is InChI=1S/C18H26O5/c1-6-11-21-16(19)14-9-7-8-10-15(14)17(20)23-13(2)12-22-18(3,4)5/h7-10,13H,6,11-12H2,1-5H3. The molecule has 0 aromatic heterocycles. The minimum absolute atomic E-state index is 0.205. The third kappa shape index (κ3) is 6.82. The molecule has 1 unspecified atom stereocenters. The summed E-state index contributed by atoms with van der Waals surface area (Å²) in [4.78, 5) is 24.3. The van der Waals surface area contributed by atoms with Crippen LogP contribution in [0.2, 0.25) is 0 Å². The summed E-state index contributed by atoms with van der Waals surface area (Å²) in [6.45, 7) is 10.1. The third-order valence-electron chi connectivity index (χ3n) is 2.86. The Bertz CT molecular complexity index is 530. The van der Waals surface area contributed by atoms with Gasteiger partial charge in [-0.2, -0.15) is 0 Å². The van der Waals surface area contributed by atoms with Gasteiger partial charge in [-0.3, -0.25) is 0 Å². The molecule has 0 aliphatic heterocycles. The van der Waals surface area contributed by atoms with Crippen LogP contribution >= 0.6 is 0 Å². The molecule has 0 spiro atoms. The molecule has 0 fully saturated rings. The second-order valence-electron chi connectivity index (χ2n) is 6.32. The molecule has 23 heavy (non-hydrogen) atoms. The van der Waals surface area contributed by atoms with Crippen LogP contribution in [-0.2, 0) is 14.2 Å². The van der Waals surface area contributed by atoms with Crippen LogP contribution < -0.4 is 0 Å². The van der Waals surface area contributed by atoms with Crippen molar-refractivity contribution < 1.29 is 23.8 Å². The molecular formula is C18H26O5. The Labute approximate surface area is 137 Å². The van der Waals surface area contributed by atoms with Gasteiger partial charge in [-0.1, -0.05) is 19.1 Å². The van der Waals surface area contributed by atoms with Gasteiger partial charge < -0.3 is 14.2 Å². The number of ether oxygens (including phenoxy) is 3. The minimum Gasteiger partial charge on any atom is -0.462 e. The highest BCUT2D eigenvalue weighted by atomic mass is 16.6. The van der Waals surface area contributed by atoms with Crippen LogP contribution in [0, 0.1) is 0 Å². The Hall–Kier alpha value is -1.88. The lowest BCUT2D eigenvalue weighted by Gasteiger charge is -2.22. The molecule has 5 nitrogen and oxygen atoms in total. The van der Waals surface area contributed by atoms with Crippen LogP contribution in [-0.4, -0.2) is 36.9 Å². The van der Waals surface area contributed by atoms with E-state index in [2.05, 4.69) is 0 Å². The Morgan fingerprint density at radius 3 is 2.17 bits per heavy atom. The average molecular weight is 322 g/mol. The highest BCUT2D eigenvalue weighted by Gasteiger charge is 2.21. The van der Waals surface area contributed by atoms with Crippen molar-refractivity contribution in [3.8, 4) is 0 Å². The summed E-state index contributed by atoms with van der Waals surface area (Å²) in [7, 11) is 0. The molecule has 0 aliphatic rings. The van der Waals surface area contributed by atoms with Crippen LogP contribution in [0.1, 0.15) is 61.8 Å². The average Bonchev–Trinajstić information content (AvgIpc) is 2.50. The summed E-state index contributed by atoms with van der Waals surface area (Å²) in [5.74, 6) is -1.07. The first-order valence-corrected chi connectivity index (χ1v) is 7.85. The zero-order valence-electron chi connectivity index (χ0n) is 14.5. The second kappa shape index (κ2) is 8.67. The van der Waals surface area contributed by atoms with E-state index in [4.69, 9.17) is 14.2 Å². The van der Waals surface area contributed by atoms with Crippen LogP contribution in [0.3, 0.4) is 0 Å². The number of esters is 2. The first kappa shape index (κ1) is 19.2. The first-order chi connectivity index (χ1) is 10.7. The molecule has 0 saturated heterocycles. The second-order valence-corrected chi connectivity index (χ2v) is 6.32. The first-order valence-electron chi connectivity index (χ1n) is 7.85. The predicted molar refractivity (Wildman–Crippen MR) is 87.6 cm³/mol. The van der Waals surface area contributed by atoms with Gasteiger partial charge >= 0.3 is 11.9 Å². The molecular weight excluding hydrogens is 296 g/mol. The van der Waals surface area contributed by atoms with Crippen molar-refractivity contribution in [3.63, 3.8) is 0 Å². The van der Waals surface area contributed by atoms with Gasteiger partial charge in [0, 0.05) is 0 Å². The number of carbonyl (C=O) groups is 2. The Morgan fingerprint density at radius 2 is 1.65 bits per heavy atom. The van der Waals surface area contributed by atoms with Gasteiger partial charge in [-0.15, -0.1) is 0 Å². The van der Waals surface area contributed by atoms with Gasteiger partial charge in [0.1, 0.15) is 6.10 Å². The summed E-state index contributed by atoms with van der Waals surface area (Å²) < 4.78 is 16.0. The smallest absolute Gasteiger partial charge is 0.339 e. The van der Waals surface area contributed by atoms with Crippen molar-refractivity contribution in [2.75, 3.05) is 13.2 Å². The maximum atomic E-state index is 12.3. The van der Waals surface area contributed by atoms with E-state index < -0.39 is 18.0 Å². The number of benzene rings is 1.